The second-order valence-electron chi connectivity index (χ2n) is 4.84. The number of aliphatic imine (C=N–C) groups is 1. The Hall–Kier alpha value is -2.10. The lowest BCUT2D eigenvalue weighted by atomic mass is 10.2. The van der Waals surface area contributed by atoms with Crippen molar-refractivity contribution in [2.75, 3.05) is 18.0 Å². The van der Waals surface area contributed by atoms with Crippen LogP contribution in [0.2, 0.25) is 0 Å². The van der Waals surface area contributed by atoms with Gasteiger partial charge in [-0.3, -0.25) is 0 Å². The number of anilines is 1. The second kappa shape index (κ2) is 5.26. The first kappa shape index (κ1) is 12.0. The number of nitrogens with zero attached hydrogens (tertiary/aromatic N) is 3. The summed E-state index contributed by atoms with van der Waals surface area (Å²) in [6.45, 7) is 4.20. The quantitative estimate of drug-likeness (QED) is 0.790. The van der Waals surface area contributed by atoms with E-state index >= 15 is 0 Å². The Morgan fingerprint density at radius 2 is 1.95 bits per heavy atom. The predicted octanol–water partition coefficient (Wildman–Crippen LogP) is 3.33. The minimum absolute atomic E-state index is 0.612. The second-order valence-corrected chi connectivity index (χ2v) is 4.84. The fourth-order valence-corrected chi connectivity index (χ4v) is 2.30. The summed E-state index contributed by atoms with van der Waals surface area (Å²) < 4.78 is 4.97. The van der Waals surface area contributed by atoms with Crippen molar-refractivity contribution in [1.29, 1.82) is 0 Å². The third kappa shape index (κ3) is 2.84. The SMILES string of the molecule is Cc1cc(N=Cc2ccc(N3CCCC3)cc2)no1. The van der Waals surface area contributed by atoms with Crippen LogP contribution in [0.1, 0.15) is 24.2 Å². The van der Waals surface area contributed by atoms with Crippen LogP contribution in [0.3, 0.4) is 0 Å². The van der Waals surface area contributed by atoms with Crippen LogP contribution >= 0.6 is 0 Å². The molecule has 0 N–H and O–H groups in total. The minimum Gasteiger partial charge on any atom is -0.372 e. The average molecular weight is 255 g/mol. The van der Waals surface area contributed by atoms with E-state index in [1.54, 1.807) is 0 Å². The van der Waals surface area contributed by atoms with Crippen LogP contribution in [0.5, 0.6) is 0 Å². The molecule has 0 amide bonds. The first-order valence-electron chi connectivity index (χ1n) is 6.64. The standard InChI is InChI=1S/C15H17N3O/c1-12-10-15(17-19-12)16-11-13-4-6-14(7-5-13)18-8-2-3-9-18/h4-7,10-11H,2-3,8-9H2,1H3. The predicted molar refractivity (Wildman–Crippen MR) is 76.4 cm³/mol. The Labute approximate surface area is 112 Å². The highest BCUT2D eigenvalue weighted by Gasteiger charge is 2.11. The molecule has 4 nitrogen and oxygen atoms in total. The number of hydrogen-bond acceptors (Lipinski definition) is 4. The molecule has 0 saturated carbocycles. The van der Waals surface area contributed by atoms with Gasteiger partial charge in [-0.25, -0.2) is 4.99 Å². The lowest BCUT2D eigenvalue weighted by molar-refractivity contribution is 0.399. The average Bonchev–Trinajstić information content (AvgIpc) is 3.08. The molecule has 2 heterocycles. The van der Waals surface area contributed by atoms with Gasteiger partial charge in [-0.2, -0.15) is 0 Å². The van der Waals surface area contributed by atoms with Gasteiger partial charge >= 0.3 is 0 Å². The third-order valence-corrected chi connectivity index (χ3v) is 3.33. The molecule has 0 unspecified atom stereocenters. The first-order valence-corrected chi connectivity index (χ1v) is 6.64. The number of aryl methyl sites for hydroxylation is 1. The normalized spacial score (nSPS) is 15.5. The molecule has 2 aromatic rings. The Kier molecular flexibility index (Phi) is 3.31. The van der Waals surface area contributed by atoms with Gasteiger partial charge in [-0.1, -0.05) is 17.3 Å². The molecule has 4 heteroatoms. The molecule has 19 heavy (non-hydrogen) atoms. The summed E-state index contributed by atoms with van der Waals surface area (Å²) in [5.74, 6) is 1.39. The lowest BCUT2D eigenvalue weighted by Crippen LogP contribution is -2.17. The smallest absolute Gasteiger partial charge is 0.195 e. The Morgan fingerprint density at radius 3 is 2.58 bits per heavy atom. The summed E-state index contributed by atoms with van der Waals surface area (Å²) in [5, 5.41) is 3.83. The fourth-order valence-electron chi connectivity index (χ4n) is 2.30. The highest BCUT2D eigenvalue weighted by Crippen LogP contribution is 2.20. The summed E-state index contributed by atoms with van der Waals surface area (Å²) in [5.41, 5.74) is 2.37. The van der Waals surface area contributed by atoms with Crippen molar-refractivity contribution < 1.29 is 4.52 Å². The van der Waals surface area contributed by atoms with E-state index in [0.29, 0.717) is 5.82 Å². The van der Waals surface area contributed by atoms with E-state index in [2.05, 4.69) is 39.3 Å². The van der Waals surface area contributed by atoms with E-state index in [0.717, 1.165) is 11.3 Å². The maximum Gasteiger partial charge on any atom is 0.195 e. The van der Waals surface area contributed by atoms with Crippen LogP contribution in [-0.4, -0.2) is 24.5 Å². The molecular weight excluding hydrogens is 238 g/mol. The molecule has 0 aliphatic carbocycles. The molecule has 1 aliphatic rings. The van der Waals surface area contributed by atoms with E-state index < -0.39 is 0 Å². The van der Waals surface area contributed by atoms with Crippen molar-refractivity contribution in [3.8, 4) is 0 Å². The van der Waals surface area contributed by atoms with Crippen LogP contribution in [0, 0.1) is 6.92 Å². The fraction of sp³-hybridized carbons (Fsp3) is 0.333. The van der Waals surface area contributed by atoms with Gasteiger partial charge in [0.1, 0.15) is 5.76 Å². The zero-order chi connectivity index (χ0) is 13.1. The van der Waals surface area contributed by atoms with Crippen molar-refractivity contribution >= 4 is 17.7 Å². The highest BCUT2D eigenvalue weighted by atomic mass is 16.5. The van der Waals surface area contributed by atoms with E-state index in [1.165, 1.54) is 31.6 Å². The maximum absolute atomic E-state index is 4.97. The van der Waals surface area contributed by atoms with Gasteiger partial charge in [0.25, 0.3) is 0 Å². The highest BCUT2D eigenvalue weighted by molar-refractivity contribution is 5.82. The zero-order valence-electron chi connectivity index (χ0n) is 11.0. The lowest BCUT2D eigenvalue weighted by Gasteiger charge is -2.17. The number of rotatable bonds is 3. The van der Waals surface area contributed by atoms with Crippen LogP contribution in [0.25, 0.3) is 0 Å². The van der Waals surface area contributed by atoms with E-state index in [-0.39, 0.29) is 0 Å². The van der Waals surface area contributed by atoms with Gasteiger partial charge in [0.15, 0.2) is 5.82 Å². The molecule has 1 aromatic heterocycles. The summed E-state index contributed by atoms with van der Waals surface area (Å²) in [6, 6.07) is 10.3. The van der Waals surface area contributed by atoms with Gasteiger partial charge in [0, 0.05) is 31.1 Å². The summed E-state index contributed by atoms with van der Waals surface area (Å²) >= 11 is 0. The van der Waals surface area contributed by atoms with Gasteiger partial charge in [0.05, 0.1) is 0 Å². The topological polar surface area (TPSA) is 41.6 Å². The molecule has 1 saturated heterocycles. The van der Waals surface area contributed by atoms with Crippen LogP contribution in [0.4, 0.5) is 11.5 Å². The van der Waals surface area contributed by atoms with E-state index in [4.69, 9.17) is 4.52 Å². The van der Waals surface area contributed by atoms with E-state index in [1.807, 2.05) is 19.2 Å². The summed E-state index contributed by atoms with van der Waals surface area (Å²) in [7, 11) is 0. The van der Waals surface area contributed by atoms with Gasteiger partial charge in [0.2, 0.25) is 0 Å². The van der Waals surface area contributed by atoms with Gasteiger partial charge in [-0.15, -0.1) is 0 Å². The zero-order valence-corrected chi connectivity index (χ0v) is 11.0. The first-order chi connectivity index (χ1) is 9.31. The molecule has 3 rings (SSSR count). The Balaban J connectivity index is 1.70. The van der Waals surface area contributed by atoms with Crippen molar-refractivity contribution in [2.24, 2.45) is 4.99 Å². The van der Waals surface area contributed by atoms with Crippen LogP contribution in [-0.2, 0) is 0 Å². The molecule has 1 aliphatic heterocycles. The van der Waals surface area contributed by atoms with Crippen molar-refractivity contribution in [3.63, 3.8) is 0 Å². The number of aromatic nitrogens is 1. The minimum atomic E-state index is 0.612. The molecule has 0 atom stereocenters. The molecule has 0 radical (unpaired) electrons. The molecule has 98 valence electrons. The van der Waals surface area contributed by atoms with Crippen molar-refractivity contribution in [2.45, 2.75) is 19.8 Å². The number of hydrogen-bond donors (Lipinski definition) is 0. The molecule has 1 aromatic carbocycles. The monoisotopic (exact) mass is 255 g/mol. The van der Waals surface area contributed by atoms with E-state index in [9.17, 15) is 0 Å². The Bertz CT molecular complexity index is 565. The van der Waals surface area contributed by atoms with Crippen molar-refractivity contribution in [3.05, 3.63) is 41.7 Å². The molecule has 1 fully saturated rings. The van der Waals surface area contributed by atoms with Crippen molar-refractivity contribution in [1.82, 2.24) is 5.16 Å². The summed E-state index contributed by atoms with van der Waals surface area (Å²) in [6.07, 6.45) is 4.41. The molecular formula is C15H17N3O. The van der Waals surface area contributed by atoms with Gasteiger partial charge < -0.3 is 9.42 Å². The maximum atomic E-state index is 4.97. The van der Waals surface area contributed by atoms with Crippen LogP contribution < -0.4 is 4.90 Å². The third-order valence-electron chi connectivity index (χ3n) is 3.33. The largest absolute Gasteiger partial charge is 0.372 e. The molecule has 0 spiro atoms. The Morgan fingerprint density at radius 1 is 1.21 bits per heavy atom. The van der Waals surface area contributed by atoms with Crippen LogP contribution in [0.15, 0.2) is 39.8 Å². The van der Waals surface area contributed by atoms with Gasteiger partial charge in [-0.05, 0) is 37.5 Å². The summed E-state index contributed by atoms with van der Waals surface area (Å²) in [4.78, 5) is 6.70. The number of benzene rings is 1. The molecule has 0 bridgehead atoms.